The first-order valence-corrected chi connectivity index (χ1v) is 12.0. The maximum atomic E-state index is 13.8. The van der Waals surface area contributed by atoms with Crippen molar-refractivity contribution in [2.75, 3.05) is 36.0 Å². The Kier molecular flexibility index (Phi) is 6.25. The Labute approximate surface area is 206 Å². The van der Waals surface area contributed by atoms with Crippen molar-refractivity contribution in [3.8, 4) is 28.3 Å². The number of benzene rings is 4. The zero-order valence-corrected chi connectivity index (χ0v) is 20.1. The summed E-state index contributed by atoms with van der Waals surface area (Å²) in [4.78, 5) is 4.75. The monoisotopic (exact) mass is 461 g/mol. The van der Waals surface area contributed by atoms with Gasteiger partial charge in [0.25, 0.3) is 0 Å². The summed E-state index contributed by atoms with van der Waals surface area (Å²) in [6.45, 7) is 7.59. The van der Waals surface area contributed by atoms with Gasteiger partial charge < -0.3 is 9.80 Å². The summed E-state index contributed by atoms with van der Waals surface area (Å²) < 4.78 is 13.8. The molecule has 0 bridgehead atoms. The summed E-state index contributed by atoms with van der Waals surface area (Å²) in [5.41, 5.74) is 9.06. The molecule has 1 aliphatic rings. The molecule has 35 heavy (non-hydrogen) atoms. The predicted molar refractivity (Wildman–Crippen MR) is 142 cm³/mol. The van der Waals surface area contributed by atoms with Crippen LogP contribution in [0.25, 0.3) is 22.3 Å². The Morgan fingerprint density at radius 3 is 1.80 bits per heavy atom. The first kappa shape index (κ1) is 22.7. The van der Waals surface area contributed by atoms with Crippen molar-refractivity contribution in [2.24, 2.45) is 0 Å². The van der Waals surface area contributed by atoms with E-state index in [9.17, 15) is 9.65 Å². The van der Waals surface area contributed by atoms with Gasteiger partial charge in [0.2, 0.25) is 0 Å². The smallest absolute Gasteiger partial charge is 0.123 e. The molecule has 0 radical (unpaired) electrons. The molecule has 0 unspecified atom stereocenters. The molecule has 1 fully saturated rings. The highest BCUT2D eigenvalue weighted by Crippen LogP contribution is 2.44. The summed E-state index contributed by atoms with van der Waals surface area (Å²) in [6, 6.07) is 29.8. The number of rotatable bonds is 4. The lowest BCUT2D eigenvalue weighted by molar-refractivity contribution is 0.628. The lowest BCUT2D eigenvalue weighted by Gasteiger charge is -2.39. The molecule has 1 aliphatic heterocycles. The molecule has 1 saturated heterocycles. The molecule has 5 rings (SSSR count). The van der Waals surface area contributed by atoms with Crippen LogP contribution in [0.4, 0.5) is 15.8 Å². The molecule has 1 heterocycles. The first-order valence-electron chi connectivity index (χ1n) is 12.0. The number of piperazine rings is 1. The number of hydrogen-bond acceptors (Lipinski definition) is 3. The van der Waals surface area contributed by atoms with Crippen molar-refractivity contribution in [1.82, 2.24) is 0 Å². The van der Waals surface area contributed by atoms with E-state index in [-0.39, 0.29) is 5.82 Å². The molecule has 0 aromatic heterocycles. The normalized spacial score (nSPS) is 13.5. The zero-order valence-electron chi connectivity index (χ0n) is 20.1. The fraction of sp³-hybridized carbons (Fsp3) is 0.194. The van der Waals surface area contributed by atoms with Crippen LogP contribution >= 0.6 is 0 Å². The maximum Gasteiger partial charge on any atom is 0.123 e. The van der Waals surface area contributed by atoms with Gasteiger partial charge in [0.1, 0.15) is 11.9 Å². The average molecular weight is 462 g/mol. The highest BCUT2D eigenvalue weighted by atomic mass is 19.1. The van der Waals surface area contributed by atoms with Crippen molar-refractivity contribution in [1.29, 1.82) is 5.26 Å². The second-order valence-corrected chi connectivity index (χ2v) is 9.02. The lowest BCUT2D eigenvalue weighted by Crippen LogP contribution is -2.47. The van der Waals surface area contributed by atoms with Gasteiger partial charge in [0.15, 0.2) is 0 Å². The second-order valence-electron chi connectivity index (χ2n) is 9.02. The maximum absolute atomic E-state index is 13.8. The number of nitrogens with zero attached hydrogens (tertiary/aromatic N) is 3. The van der Waals surface area contributed by atoms with E-state index in [4.69, 9.17) is 0 Å². The first-order chi connectivity index (χ1) is 17.1. The zero-order chi connectivity index (χ0) is 24.4. The van der Waals surface area contributed by atoms with E-state index in [0.29, 0.717) is 5.56 Å². The van der Waals surface area contributed by atoms with E-state index in [2.05, 4.69) is 66.1 Å². The third-order valence-corrected chi connectivity index (χ3v) is 6.99. The topological polar surface area (TPSA) is 30.3 Å². The highest BCUT2D eigenvalue weighted by molar-refractivity contribution is 5.91. The minimum Gasteiger partial charge on any atom is -0.368 e. The average Bonchev–Trinajstić information content (AvgIpc) is 2.90. The van der Waals surface area contributed by atoms with Crippen molar-refractivity contribution in [2.45, 2.75) is 13.8 Å². The Balaban J connectivity index is 1.65. The van der Waals surface area contributed by atoms with Crippen LogP contribution in [0.1, 0.15) is 16.7 Å². The summed E-state index contributed by atoms with van der Waals surface area (Å²) in [5, 5.41) is 10.4. The number of halogens is 1. The standard InChI is InChI=1S/C31H28FN3/c1-22-29(25-13-15-26(32)16-14-25)23(2)31(28(21-33)30(22)24-9-5-3-6-10-24)35-19-17-34(18-20-35)27-11-7-4-8-12-27/h3-16H,17-20H2,1-2H3. The minimum atomic E-state index is -0.252. The van der Waals surface area contributed by atoms with Crippen molar-refractivity contribution in [3.05, 3.63) is 107 Å². The van der Waals surface area contributed by atoms with E-state index in [1.165, 1.54) is 17.8 Å². The molecule has 0 N–H and O–H groups in total. The van der Waals surface area contributed by atoms with E-state index in [0.717, 1.165) is 65.2 Å². The predicted octanol–water partition coefficient (Wildman–Crippen LogP) is 6.97. The van der Waals surface area contributed by atoms with E-state index < -0.39 is 0 Å². The molecule has 4 aromatic rings. The summed E-state index contributed by atoms with van der Waals surface area (Å²) in [7, 11) is 0. The molecule has 0 amide bonds. The van der Waals surface area contributed by atoms with Crippen molar-refractivity contribution < 1.29 is 4.39 Å². The molecular formula is C31H28FN3. The van der Waals surface area contributed by atoms with Gasteiger partial charge in [-0.3, -0.25) is 0 Å². The quantitative estimate of drug-likeness (QED) is 0.329. The molecule has 4 heteroatoms. The van der Waals surface area contributed by atoms with E-state index >= 15 is 0 Å². The molecule has 4 aromatic carbocycles. The van der Waals surface area contributed by atoms with Crippen LogP contribution in [0.5, 0.6) is 0 Å². The van der Waals surface area contributed by atoms with Crippen LogP contribution in [0.2, 0.25) is 0 Å². The van der Waals surface area contributed by atoms with Gasteiger partial charge in [-0.2, -0.15) is 5.26 Å². The Morgan fingerprint density at radius 1 is 0.657 bits per heavy atom. The number of anilines is 2. The van der Waals surface area contributed by atoms with Crippen LogP contribution in [0.3, 0.4) is 0 Å². The summed E-state index contributed by atoms with van der Waals surface area (Å²) in [5.74, 6) is -0.252. The molecular weight excluding hydrogens is 433 g/mol. The molecule has 0 atom stereocenters. The third-order valence-electron chi connectivity index (χ3n) is 6.99. The minimum absolute atomic E-state index is 0.252. The Hall–Kier alpha value is -4.10. The molecule has 0 aliphatic carbocycles. The third kappa shape index (κ3) is 4.26. The lowest BCUT2D eigenvalue weighted by atomic mass is 9.84. The van der Waals surface area contributed by atoms with Gasteiger partial charge in [-0.05, 0) is 65.9 Å². The number of nitriles is 1. The van der Waals surface area contributed by atoms with E-state index in [1.807, 2.05) is 36.4 Å². The van der Waals surface area contributed by atoms with Crippen LogP contribution < -0.4 is 9.80 Å². The van der Waals surface area contributed by atoms with Gasteiger partial charge in [0.05, 0.1) is 11.3 Å². The van der Waals surface area contributed by atoms with Gasteiger partial charge in [-0.25, -0.2) is 4.39 Å². The molecule has 174 valence electrons. The van der Waals surface area contributed by atoms with Crippen LogP contribution in [0, 0.1) is 31.0 Å². The van der Waals surface area contributed by atoms with Crippen molar-refractivity contribution in [3.63, 3.8) is 0 Å². The van der Waals surface area contributed by atoms with Gasteiger partial charge in [0, 0.05) is 37.4 Å². The van der Waals surface area contributed by atoms with Gasteiger partial charge >= 0.3 is 0 Å². The van der Waals surface area contributed by atoms with Gasteiger partial charge in [-0.1, -0.05) is 60.7 Å². The van der Waals surface area contributed by atoms with Crippen LogP contribution in [-0.2, 0) is 0 Å². The molecule has 3 nitrogen and oxygen atoms in total. The Morgan fingerprint density at radius 2 is 1.20 bits per heavy atom. The highest BCUT2D eigenvalue weighted by Gasteiger charge is 2.27. The number of hydrogen-bond donors (Lipinski definition) is 0. The molecule has 0 saturated carbocycles. The van der Waals surface area contributed by atoms with Crippen molar-refractivity contribution >= 4 is 11.4 Å². The van der Waals surface area contributed by atoms with Gasteiger partial charge in [-0.15, -0.1) is 0 Å². The number of para-hydroxylation sites is 1. The Bertz CT molecular complexity index is 1370. The largest absolute Gasteiger partial charge is 0.368 e. The molecule has 0 spiro atoms. The SMILES string of the molecule is Cc1c(-c2ccc(F)cc2)c(C)c(N2CCN(c3ccccc3)CC2)c(C#N)c1-c1ccccc1. The van der Waals surface area contributed by atoms with Crippen LogP contribution in [0.15, 0.2) is 84.9 Å². The fourth-order valence-corrected chi connectivity index (χ4v) is 5.36. The van der Waals surface area contributed by atoms with Crippen LogP contribution in [-0.4, -0.2) is 26.2 Å². The summed E-state index contributed by atoms with van der Waals surface area (Å²) in [6.07, 6.45) is 0. The fourth-order valence-electron chi connectivity index (χ4n) is 5.36. The summed E-state index contributed by atoms with van der Waals surface area (Å²) >= 11 is 0. The second kappa shape index (κ2) is 9.64. The van der Waals surface area contributed by atoms with E-state index in [1.54, 1.807) is 0 Å².